The van der Waals surface area contributed by atoms with Crippen LogP contribution in [0.1, 0.15) is 39.7 Å². The van der Waals surface area contributed by atoms with Gasteiger partial charge in [-0.1, -0.05) is 39.8 Å². The molecule has 1 unspecified atom stereocenters. The molecule has 1 aromatic carbocycles. The molecule has 0 fully saturated rings. The van der Waals surface area contributed by atoms with Crippen LogP contribution >= 0.6 is 12.4 Å². The number of nitrogens with one attached hydrogen (secondary N) is 1. The quantitative estimate of drug-likeness (QED) is 0.843. The molecule has 126 valence electrons. The van der Waals surface area contributed by atoms with Crippen LogP contribution in [0.15, 0.2) is 24.3 Å². The van der Waals surface area contributed by atoms with Gasteiger partial charge in [-0.2, -0.15) is 0 Å². The van der Waals surface area contributed by atoms with Gasteiger partial charge in [0.05, 0.1) is 12.6 Å². The summed E-state index contributed by atoms with van der Waals surface area (Å²) in [5.41, 5.74) is 6.85. The lowest BCUT2D eigenvalue weighted by Gasteiger charge is -2.27. The molecule has 0 spiro atoms. The van der Waals surface area contributed by atoms with Crippen LogP contribution in [-0.2, 0) is 4.79 Å². The Kier molecular flexibility index (Phi) is 8.49. The zero-order chi connectivity index (χ0) is 16.0. The summed E-state index contributed by atoms with van der Waals surface area (Å²) in [6.45, 7) is 10.4. The van der Waals surface area contributed by atoms with Crippen LogP contribution in [-0.4, -0.2) is 24.6 Å². The average Bonchev–Trinajstić information content (AvgIpc) is 2.41. The molecule has 0 aliphatic carbocycles. The zero-order valence-corrected chi connectivity index (χ0v) is 15.0. The van der Waals surface area contributed by atoms with Crippen molar-refractivity contribution in [1.29, 1.82) is 0 Å². The van der Waals surface area contributed by atoms with Gasteiger partial charge < -0.3 is 15.8 Å². The third-order valence-corrected chi connectivity index (χ3v) is 3.47. The highest BCUT2D eigenvalue weighted by atomic mass is 35.5. The van der Waals surface area contributed by atoms with Gasteiger partial charge in [0.1, 0.15) is 11.9 Å². The van der Waals surface area contributed by atoms with Gasteiger partial charge in [-0.25, -0.2) is 0 Å². The summed E-state index contributed by atoms with van der Waals surface area (Å²) in [6, 6.07) is 7.39. The minimum atomic E-state index is -0.519. The van der Waals surface area contributed by atoms with E-state index in [1.807, 2.05) is 58.9 Å². The van der Waals surface area contributed by atoms with Crippen LogP contribution < -0.4 is 15.8 Å². The Balaban J connectivity index is 0.00000441. The molecule has 0 aromatic heterocycles. The molecule has 1 rings (SSSR count). The summed E-state index contributed by atoms with van der Waals surface area (Å²) in [7, 11) is 0. The molecule has 0 heterocycles. The molecule has 0 saturated heterocycles. The first-order valence-electron chi connectivity index (χ1n) is 7.50. The van der Waals surface area contributed by atoms with Crippen LogP contribution in [0.4, 0.5) is 0 Å². The molecular weight excluding hydrogens is 300 g/mol. The number of benzene rings is 1. The predicted molar refractivity (Wildman–Crippen MR) is 93.6 cm³/mol. The molecule has 0 aliphatic rings. The van der Waals surface area contributed by atoms with E-state index < -0.39 is 6.04 Å². The Morgan fingerprint density at radius 1 is 1.36 bits per heavy atom. The van der Waals surface area contributed by atoms with Crippen molar-refractivity contribution in [2.45, 2.75) is 53.2 Å². The van der Waals surface area contributed by atoms with Crippen molar-refractivity contribution < 1.29 is 9.53 Å². The fourth-order valence-electron chi connectivity index (χ4n) is 1.87. The minimum absolute atomic E-state index is 0. The number of nitrogens with two attached hydrogens (primary N) is 1. The van der Waals surface area contributed by atoms with Gasteiger partial charge in [0.25, 0.3) is 0 Å². The standard InChI is InChI=1S/C17H28N2O2.ClH/c1-6-13(21-14-9-7-8-12(2)10-14)11-19-16(20)15(18)17(3,4)5;/h7-10,13,15H,6,11,18H2,1-5H3,(H,19,20);1H/t13?,15-;/m1./s1. The summed E-state index contributed by atoms with van der Waals surface area (Å²) < 4.78 is 5.90. The second-order valence-electron chi connectivity index (χ2n) is 6.55. The molecule has 0 aliphatic heterocycles. The third kappa shape index (κ3) is 6.67. The number of hydrogen-bond acceptors (Lipinski definition) is 3. The van der Waals surface area contributed by atoms with Gasteiger partial charge >= 0.3 is 0 Å². The van der Waals surface area contributed by atoms with Crippen LogP contribution in [0.5, 0.6) is 5.75 Å². The first kappa shape index (κ1) is 20.7. The molecular formula is C17H29ClN2O2. The topological polar surface area (TPSA) is 64.4 Å². The summed E-state index contributed by atoms with van der Waals surface area (Å²) in [5.74, 6) is 0.699. The molecule has 3 N–H and O–H groups in total. The van der Waals surface area contributed by atoms with E-state index in [9.17, 15) is 4.79 Å². The summed E-state index contributed by atoms with van der Waals surface area (Å²) in [4.78, 5) is 12.0. The lowest BCUT2D eigenvalue weighted by atomic mass is 9.87. The predicted octanol–water partition coefficient (Wildman–Crippen LogP) is 3.06. The highest BCUT2D eigenvalue weighted by Gasteiger charge is 2.27. The lowest BCUT2D eigenvalue weighted by Crippen LogP contribution is -2.50. The largest absolute Gasteiger partial charge is 0.489 e. The molecule has 0 saturated carbocycles. The van der Waals surface area contributed by atoms with E-state index in [1.165, 1.54) is 0 Å². The van der Waals surface area contributed by atoms with Gasteiger partial charge in [-0.05, 0) is 36.5 Å². The summed E-state index contributed by atoms with van der Waals surface area (Å²) in [6.07, 6.45) is 0.766. The van der Waals surface area contributed by atoms with Crippen molar-refractivity contribution in [2.24, 2.45) is 11.1 Å². The molecule has 2 atom stereocenters. The summed E-state index contributed by atoms with van der Waals surface area (Å²) >= 11 is 0. The third-order valence-electron chi connectivity index (χ3n) is 3.47. The van der Waals surface area contributed by atoms with E-state index in [2.05, 4.69) is 5.32 Å². The Morgan fingerprint density at radius 2 is 2.00 bits per heavy atom. The van der Waals surface area contributed by atoms with Crippen molar-refractivity contribution in [3.8, 4) is 5.75 Å². The normalized spacial score (nSPS) is 13.7. The Bertz CT molecular complexity index is 472. The first-order chi connectivity index (χ1) is 9.74. The van der Waals surface area contributed by atoms with E-state index in [-0.39, 0.29) is 29.8 Å². The van der Waals surface area contributed by atoms with Crippen LogP contribution in [0, 0.1) is 12.3 Å². The minimum Gasteiger partial charge on any atom is -0.489 e. The molecule has 0 radical (unpaired) electrons. The smallest absolute Gasteiger partial charge is 0.237 e. The molecule has 22 heavy (non-hydrogen) atoms. The average molecular weight is 329 g/mol. The van der Waals surface area contributed by atoms with E-state index in [1.54, 1.807) is 0 Å². The van der Waals surface area contributed by atoms with Crippen molar-refractivity contribution in [3.63, 3.8) is 0 Å². The van der Waals surface area contributed by atoms with Crippen molar-refractivity contribution in [1.82, 2.24) is 5.32 Å². The Labute approximate surface area is 140 Å². The van der Waals surface area contributed by atoms with Crippen LogP contribution in [0.3, 0.4) is 0 Å². The maximum absolute atomic E-state index is 12.0. The molecule has 5 heteroatoms. The van der Waals surface area contributed by atoms with Gasteiger partial charge in [-0.15, -0.1) is 12.4 Å². The first-order valence-corrected chi connectivity index (χ1v) is 7.50. The van der Waals surface area contributed by atoms with Gasteiger partial charge in [0, 0.05) is 0 Å². The van der Waals surface area contributed by atoms with E-state index in [0.29, 0.717) is 6.54 Å². The van der Waals surface area contributed by atoms with E-state index in [4.69, 9.17) is 10.5 Å². The SMILES string of the molecule is CCC(CNC(=O)[C@@H](N)C(C)(C)C)Oc1cccc(C)c1.Cl. The zero-order valence-electron chi connectivity index (χ0n) is 14.2. The number of amides is 1. The molecule has 0 bridgehead atoms. The Hall–Kier alpha value is -1.26. The van der Waals surface area contributed by atoms with Crippen molar-refractivity contribution in [2.75, 3.05) is 6.54 Å². The van der Waals surface area contributed by atoms with Gasteiger partial charge in [0.2, 0.25) is 5.91 Å². The molecule has 4 nitrogen and oxygen atoms in total. The number of aryl methyl sites for hydroxylation is 1. The maximum atomic E-state index is 12.0. The van der Waals surface area contributed by atoms with E-state index in [0.717, 1.165) is 17.7 Å². The second-order valence-corrected chi connectivity index (χ2v) is 6.55. The van der Waals surface area contributed by atoms with Crippen molar-refractivity contribution in [3.05, 3.63) is 29.8 Å². The number of halogens is 1. The highest BCUT2D eigenvalue weighted by Crippen LogP contribution is 2.18. The Morgan fingerprint density at radius 3 is 2.50 bits per heavy atom. The number of ether oxygens (including phenoxy) is 1. The number of rotatable bonds is 6. The van der Waals surface area contributed by atoms with Gasteiger partial charge in [-0.3, -0.25) is 4.79 Å². The van der Waals surface area contributed by atoms with Gasteiger partial charge in [0.15, 0.2) is 0 Å². The van der Waals surface area contributed by atoms with Crippen molar-refractivity contribution >= 4 is 18.3 Å². The van der Waals surface area contributed by atoms with E-state index >= 15 is 0 Å². The van der Waals surface area contributed by atoms with Crippen LogP contribution in [0.25, 0.3) is 0 Å². The summed E-state index contributed by atoms with van der Waals surface area (Å²) in [5, 5.41) is 2.89. The fraction of sp³-hybridized carbons (Fsp3) is 0.588. The molecule has 1 amide bonds. The molecule has 1 aromatic rings. The highest BCUT2D eigenvalue weighted by molar-refractivity contribution is 5.85. The maximum Gasteiger partial charge on any atom is 0.237 e. The monoisotopic (exact) mass is 328 g/mol. The number of hydrogen-bond donors (Lipinski definition) is 2. The fourth-order valence-corrected chi connectivity index (χ4v) is 1.87. The second kappa shape index (κ2) is 9.01. The number of carbonyl (C=O) groups is 1. The number of carbonyl (C=O) groups excluding carboxylic acids is 1. The lowest BCUT2D eigenvalue weighted by molar-refractivity contribution is -0.124. The van der Waals surface area contributed by atoms with Crippen LogP contribution in [0.2, 0.25) is 0 Å².